The molecule has 0 fully saturated rings. The number of carbonyl (C=O) groups excluding carboxylic acids is 2. The molecule has 22 heavy (non-hydrogen) atoms. The largest absolute Gasteiger partial charge is 0.330 e. The molecule has 0 radical (unpaired) electrons. The minimum atomic E-state index is -0.0634. The molecule has 1 aromatic rings. The van der Waals surface area contributed by atoms with Crippen molar-refractivity contribution in [2.75, 3.05) is 17.2 Å². The topological polar surface area (TPSA) is 84.2 Å². The zero-order valence-corrected chi connectivity index (χ0v) is 13.7. The summed E-state index contributed by atoms with van der Waals surface area (Å²) in [5.41, 5.74) is 7.80. The molecule has 122 valence electrons. The van der Waals surface area contributed by atoms with Gasteiger partial charge in [0.1, 0.15) is 0 Å². The van der Waals surface area contributed by atoms with Crippen molar-refractivity contribution in [1.82, 2.24) is 0 Å². The maximum absolute atomic E-state index is 12.2. The molecule has 0 heterocycles. The van der Waals surface area contributed by atoms with Crippen LogP contribution in [0.3, 0.4) is 0 Å². The molecule has 0 unspecified atom stereocenters. The molecule has 0 saturated carbocycles. The molecule has 0 aliphatic heterocycles. The molecule has 5 nitrogen and oxygen atoms in total. The Bertz CT molecular complexity index is 511. The van der Waals surface area contributed by atoms with Crippen LogP contribution in [0.2, 0.25) is 0 Å². The molecule has 0 aromatic heterocycles. The molecule has 0 spiro atoms. The van der Waals surface area contributed by atoms with Gasteiger partial charge in [0.05, 0.1) is 0 Å². The number of benzene rings is 1. The van der Waals surface area contributed by atoms with E-state index in [4.69, 9.17) is 5.73 Å². The minimum absolute atomic E-state index is 0.0159. The Morgan fingerprint density at radius 3 is 2.45 bits per heavy atom. The van der Waals surface area contributed by atoms with Crippen LogP contribution < -0.4 is 16.4 Å². The van der Waals surface area contributed by atoms with Crippen LogP contribution in [0.1, 0.15) is 45.1 Å². The quantitative estimate of drug-likeness (QED) is 0.690. The van der Waals surface area contributed by atoms with Crippen molar-refractivity contribution in [1.29, 1.82) is 0 Å². The lowest BCUT2D eigenvalue weighted by Crippen LogP contribution is -2.22. The Labute approximate surface area is 132 Å². The van der Waals surface area contributed by atoms with Crippen LogP contribution >= 0.6 is 0 Å². The van der Waals surface area contributed by atoms with Gasteiger partial charge >= 0.3 is 0 Å². The average molecular weight is 305 g/mol. The van der Waals surface area contributed by atoms with Crippen LogP contribution in [0.15, 0.2) is 18.2 Å². The van der Waals surface area contributed by atoms with E-state index >= 15 is 0 Å². The van der Waals surface area contributed by atoms with Gasteiger partial charge in [-0.3, -0.25) is 9.59 Å². The van der Waals surface area contributed by atoms with E-state index in [1.165, 1.54) is 0 Å². The van der Waals surface area contributed by atoms with E-state index in [1.807, 2.05) is 32.9 Å². The van der Waals surface area contributed by atoms with Crippen molar-refractivity contribution in [3.8, 4) is 0 Å². The fourth-order valence-electron chi connectivity index (χ4n) is 2.21. The number of carbonyl (C=O) groups is 2. The summed E-state index contributed by atoms with van der Waals surface area (Å²) in [6.07, 6.45) is 2.70. The third-order valence-corrected chi connectivity index (χ3v) is 3.74. The molecule has 0 bridgehead atoms. The van der Waals surface area contributed by atoms with E-state index < -0.39 is 0 Å². The predicted molar refractivity (Wildman–Crippen MR) is 90.8 cm³/mol. The maximum Gasteiger partial charge on any atom is 0.227 e. The number of nitrogens with two attached hydrogens (primary N) is 1. The van der Waals surface area contributed by atoms with Gasteiger partial charge in [0.2, 0.25) is 11.8 Å². The number of aryl methyl sites for hydroxylation is 1. The van der Waals surface area contributed by atoms with Gasteiger partial charge < -0.3 is 16.4 Å². The lowest BCUT2D eigenvalue weighted by Gasteiger charge is -2.15. The lowest BCUT2D eigenvalue weighted by atomic mass is 10.0. The van der Waals surface area contributed by atoms with E-state index in [-0.39, 0.29) is 17.7 Å². The number of hydrogen-bond donors (Lipinski definition) is 3. The molecule has 5 heteroatoms. The zero-order chi connectivity index (χ0) is 16.5. The van der Waals surface area contributed by atoms with Crippen molar-refractivity contribution in [3.63, 3.8) is 0 Å². The average Bonchev–Trinajstić information content (AvgIpc) is 2.49. The standard InChI is InChI=1S/C17H27N3O2/c1-4-13(5-2)17(22)20-15-11-14(9-8-12(15)3)19-16(21)7-6-10-18/h8-9,11,13H,4-7,10,18H2,1-3H3,(H,19,21)(H,20,22). The molecular formula is C17H27N3O2. The van der Waals surface area contributed by atoms with Crippen molar-refractivity contribution in [2.45, 2.75) is 46.5 Å². The second-order valence-corrected chi connectivity index (χ2v) is 5.47. The van der Waals surface area contributed by atoms with Crippen molar-refractivity contribution >= 4 is 23.2 Å². The van der Waals surface area contributed by atoms with Crippen LogP contribution in [0.5, 0.6) is 0 Å². The van der Waals surface area contributed by atoms with Gasteiger partial charge in [0.25, 0.3) is 0 Å². The second-order valence-electron chi connectivity index (χ2n) is 5.47. The number of amides is 2. The number of hydrogen-bond acceptors (Lipinski definition) is 3. The number of nitrogens with one attached hydrogen (secondary N) is 2. The van der Waals surface area contributed by atoms with E-state index in [1.54, 1.807) is 6.07 Å². The molecular weight excluding hydrogens is 278 g/mol. The SMILES string of the molecule is CCC(CC)C(=O)Nc1cc(NC(=O)CCCN)ccc1C. The highest BCUT2D eigenvalue weighted by atomic mass is 16.2. The summed E-state index contributed by atoms with van der Waals surface area (Å²) in [5.74, 6) is -0.0199. The van der Waals surface area contributed by atoms with Crippen LogP contribution in [-0.4, -0.2) is 18.4 Å². The molecule has 2 amide bonds. The molecule has 4 N–H and O–H groups in total. The molecule has 0 atom stereocenters. The Morgan fingerprint density at radius 2 is 1.86 bits per heavy atom. The first kappa shape index (κ1) is 18.2. The first-order valence-electron chi connectivity index (χ1n) is 7.93. The molecule has 1 rings (SSSR count). The second kappa shape index (κ2) is 9.20. The smallest absolute Gasteiger partial charge is 0.227 e. The zero-order valence-electron chi connectivity index (χ0n) is 13.7. The molecule has 1 aromatic carbocycles. The van der Waals surface area contributed by atoms with E-state index in [0.29, 0.717) is 25.1 Å². The van der Waals surface area contributed by atoms with Gasteiger partial charge in [-0.25, -0.2) is 0 Å². The van der Waals surface area contributed by atoms with Crippen LogP contribution in [0.25, 0.3) is 0 Å². The molecule has 0 aliphatic carbocycles. The fraction of sp³-hybridized carbons (Fsp3) is 0.529. The Hall–Kier alpha value is -1.88. The minimum Gasteiger partial charge on any atom is -0.330 e. The third kappa shape index (κ3) is 5.48. The van der Waals surface area contributed by atoms with Gasteiger partial charge in [0, 0.05) is 23.7 Å². The monoisotopic (exact) mass is 305 g/mol. The van der Waals surface area contributed by atoms with Gasteiger partial charge in [-0.2, -0.15) is 0 Å². The Balaban J connectivity index is 2.77. The van der Waals surface area contributed by atoms with Gasteiger partial charge in [-0.15, -0.1) is 0 Å². The first-order chi connectivity index (χ1) is 10.5. The highest BCUT2D eigenvalue weighted by molar-refractivity contribution is 5.95. The van der Waals surface area contributed by atoms with Crippen molar-refractivity contribution in [3.05, 3.63) is 23.8 Å². The van der Waals surface area contributed by atoms with Gasteiger partial charge in [-0.05, 0) is 50.4 Å². The summed E-state index contributed by atoms with van der Waals surface area (Å²) in [6, 6.07) is 5.53. The van der Waals surface area contributed by atoms with Crippen LogP contribution in [0.4, 0.5) is 11.4 Å². The van der Waals surface area contributed by atoms with Crippen molar-refractivity contribution < 1.29 is 9.59 Å². The van der Waals surface area contributed by atoms with Gasteiger partial charge in [-0.1, -0.05) is 19.9 Å². The maximum atomic E-state index is 12.2. The number of anilines is 2. The van der Waals surface area contributed by atoms with E-state index in [9.17, 15) is 9.59 Å². The first-order valence-corrected chi connectivity index (χ1v) is 7.93. The van der Waals surface area contributed by atoms with Crippen molar-refractivity contribution in [2.24, 2.45) is 11.7 Å². The molecule has 0 saturated heterocycles. The normalized spacial score (nSPS) is 10.6. The van der Waals surface area contributed by atoms with E-state index in [0.717, 1.165) is 24.1 Å². The summed E-state index contributed by atoms with van der Waals surface area (Å²) >= 11 is 0. The lowest BCUT2D eigenvalue weighted by molar-refractivity contribution is -0.120. The summed E-state index contributed by atoms with van der Waals surface area (Å²) in [7, 11) is 0. The van der Waals surface area contributed by atoms with Gasteiger partial charge in [0.15, 0.2) is 0 Å². The predicted octanol–water partition coefficient (Wildman–Crippen LogP) is 3.05. The Morgan fingerprint density at radius 1 is 1.18 bits per heavy atom. The molecule has 0 aliphatic rings. The third-order valence-electron chi connectivity index (χ3n) is 3.74. The highest BCUT2D eigenvalue weighted by Crippen LogP contribution is 2.22. The fourth-order valence-corrected chi connectivity index (χ4v) is 2.21. The number of rotatable bonds is 8. The summed E-state index contributed by atoms with van der Waals surface area (Å²) < 4.78 is 0. The van der Waals surface area contributed by atoms with Crippen LogP contribution in [0, 0.1) is 12.8 Å². The highest BCUT2D eigenvalue weighted by Gasteiger charge is 2.15. The van der Waals surface area contributed by atoms with E-state index in [2.05, 4.69) is 10.6 Å². The Kier molecular flexibility index (Phi) is 7.60. The van der Waals surface area contributed by atoms with Crippen LogP contribution in [-0.2, 0) is 9.59 Å². The summed E-state index contributed by atoms with van der Waals surface area (Å²) in [4.78, 5) is 23.9. The summed E-state index contributed by atoms with van der Waals surface area (Å²) in [5, 5.41) is 5.79. The summed E-state index contributed by atoms with van der Waals surface area (Å²) in [6.45, 7) is 6.45.